The monoisotopic (exact) mass is 132 g/mol. The largest absolute Gasteiger partial charge is 0.359 e. The topological polar surface area (TPSA) is 32.3 Å². The van der Waals surface area contributed by atoms with E-state index < -0.39 is 0 Å². The van der Waals surface area contributed by atoms with Crippen molar-refractivity contribution in [3.8, 4) is 0 Å². The molecule has 0 bridgehead atoms. The van der Waals surface area contributed by atoms with Crippen LogP contribution in [0.1, 0.15) is 0 Å². The van der Waals surface area contributed by atoms with E-state index in [1.54, 1.807) is 7.05 Å². The van der Waals surface area contributed by atoms with Gasteiger partial charge in [0.15, 0.2) is 0 Å². The maximum Gasteiger partial charge on any atom is 0.225 e. The van der Waals surface area contributed by atoms with E-state index in [1.807, 2.05) is 0 Å². The Morgan fingerprint density at radius 2 is 2.33 bits per heavy atom. The van der Waals surface area contributed by atoms with E-state index in [-0.39, 0.29) is 24.9 Å². The van der Waals surface area contributed by atoms with Crippen LogP contribution in [0.2, 0.25) is 0 Å². The van der Waals surface area contributed by atoms with Crippen LogP contribution in [0.25, 0.3) is 0 Å². The van der Waals surface area contributed by atoms with Crippen molar-refractivity contribution in [1.82, 2.24) is 10.4 Å². The molecule has 1 fully saturated rings. The molecule has 0 unspecified atom stereocenters. The number of hydrogen-bond acceptors (Lipinski definition) is 2. The molecule has 0 saturated carbocycles. The first kappa shape index (κ1) is 6.48. The SMILES string of the molecule is CNC(=O)C1CN(F)C1. The first-order valence-electron chi connectivity index (χ1n) is 2.86. The highest BCUT2D eigenvalue weighted by Crippen LogP contribution is 2.14. The Morgan fingerprint density at radius 1 is 1.78 bits per heavy atom. The van der Waals surface area contributed by atoms with E-state index in [0.717, 1.165) is 0 Å². The Bertz CT molecular complexity index is 122. The molecule has 1 amide bonds. The highest BCUT2D eigenvalue weighted by molar-refractivity contribution is 5.79. The lowest BCUT2D eigenvalue weighted by Crippen LogP contribution is -2.49. The van der Waals surface area contributed by atoms with E-state index >= 15 is 0 Å². The summed E-state index contributed by atoms with van der Waals surface area (Å²) in [6.45, 7) is 0.499. The summed E-state index contributed by atoms with van der Waals surface area (Å²) in [6, 6.07) is 0. The molecule has 52 valence electrons. The van der Waals surface area contributed by atoms with Gasteiger partial charge < -0.3 is 5.32 Å². The molecule has 0 atom stereocenters. The second-order valence-electron chi connectivity index (χ2n) is 2.14. The van der Waals surface area contributed by atoms with Crippen LogP contribution in [0, 0.1) is 5.92 Å². The van der Waals surface area contributed by atoms with Gasteiger partial charge in [-0.1, -0.05) is 0 Å². The van der Waals surface area contributed by atoms with Crippen molar-refractivity contribution in [3.05, 3.63) is 0 Å². The van der Waals surface area contributed by atoms with Crippen molar-refractivity contribution >= 4 is 5.91 Å². The second-order valence-corrected chi connectivity index (χ2v) is 2.14. The number of amides is 1. The minimum Gasteiger partial charge on any atom is -0.359 e. The van der Waals surface area contributed by atoms with Gasteiger partial charge in [0, 0.05) is 20.1 Å². The van der Waals surface area contributed by atoms with Crippen LogP contribution in [0.4, 0.5) is 4.48 Å². The van der Waals surface area contributed by atoms with Crippen LogP contribution in [-0.2, 0) is 4.79 Å². The molecule has 0 aromatic heterocycles. The molecule has 1 N–H and O–H groups in total. The van der Waals surface area contributed by atoms with Gasteiger partial charge in [-0.05, 0) is 0 Å². The minimum absolute atomic E-state index is 0.0658. The summed E-state index contributed by atoms with van der Waals surface area (Å²) in [5, 5.41) is 3.08. The van der Waals surface area contributed by atoms with Gasteiger partial charge in [0.05, 0.1) is 5.92 Å². The number of nitrogens with one attached hydrogen (secondary N) is 1. The third-order valence-electron chi connectivity index (χ3n) is 1.45. The van der Waals surface area contributed by atoms with E-state index in [1.165, 1.54) is 0 Å². The Morgan fingerprint density at radius 3 is 2.67 bits per heavy atom. The molecule has 0 aliphatic carbocycles. The zero-order chi connectivity index (χ0) is 6.85. The van der Waals surface area contributed by atoms with Crippen LogP contribution in [0.15, 0.2) is 0 Å². The average Bonchev–Trinajstić information content (AvgIpc) is 1.79. The van der Waals surface area contributed by atoms with Crippen LogP contribution in [0.5, 0.6) is 0 Å². The molecule has 1 saturated heterocycles. The van der Waals surface area contributed by atoms with Crippen LogP contribution < -0.4 is 5.32 Å². The second kappa shape index (κ2) is 2.31. The number of halogens is 1. The predicted octanol–water partition coefficient (Wildman–Crippen LogP) is -0.451. The Hall–Kier alpha value is -0.640. The van der Waals surface area contributed by atoms with Gasteiger partial charge in [-0.25, -0.2) is 0 Å². The summed E-state index contributed by atoms with van der Waals surface area (Å²) in [5.74, 6) is -0.191. The van der Waals surface area contributed by atoms with Crippen molar-refractivity contribution in [1.29, 1.82) is 0 Å². The van der Waals surface area contributed by atoms with E-state index in [0.29, 0.717) is 5.12 Å². The zero-order valence-corrected chi connectivity index (χ0v) is 5.22. The molecule has 0 aromatic rings. The average molecular weight is 132 g/mol. The summed E-state index contributed by atoms with van der Waals surface area (Å²) in [7, 11) is 1.56. The van der Waals surface area contributed by atoms with Crippen molar-refractivity contribution < 1.29 is 9.28 Å². The minimum atomic E-state index is -0.125. The molecule has 0 aromatic carbocycles. The zero-order valence-electron chi connectivity index (χ0n) is 5.22. The molecule has 1 aliphatic heterocycles. The number of carbonyl (C=O) groups excluding carboxylic acids is 1. The van der Waals surface area contributed by atoms with Gasteiger partial charge in [-0.15, -0.1) is 9.60 Å². The van der Waals surface area contributed by atoms with Crippen LogP contribution >= 0.6 is 0 Å². The Balaban J connectivity index is 2.23. The summed E-state index contributed by atoms with van der Waals surface area (Å²) in [6.07, 6.45) is 0. The van der Waals surface area contributed by atoms with Gasteiger partial charge in [0.2, 0.25) is 5.91 Å². The van der Waals surface area contributed by atoms with Gasteiger partial charge in [-0.2, -0.15) is 0 Å². The summed E-state index contributed by atoms with van der Waals surface area (Å²) >= 11 is 0. The van der Waals surface area contributed by atoms with Gasteiger partial charge in [0.1, 0.15) is 0 Å². The van der Waals surface area contributed by atoms with Crippen molar-refractivity contribution in [2.75, 3.05) is 20.1 Å². The lowest BCUT2D eigenvalue weighted by Gasteiger charge is -2.29. The lowest BCUT2D eigenvalue weighted by atomic mass is 10.0. The van der Waals surface area contributed by atoms with Crippen LogP contribution in [-0.4, -0.2) is 31.2 Å². The summed E-state index contributed by atoms with van der Waals surface area (Å²) in [5.41, 5.74) is 0. The first-order valence-corrected chi connectivity index (χ1v) is 2.86. The van der Waals surface area contributed by atoms with Crippen LogP contribution in [0.3, 0.4) is 0 Å². The standard InChI is InChI=1S/C5H9FN2O/c1-7-5(9)4-2-8(6)3-4/h4H,2-3H2,1H3,(H,7,9). The maximum atomic E-state index is 11.9. The van der Waals surface area contributed by atoms with Gasteiger partial charge in [-0.3, -0.25) is 4.79 Å². The summed E-state index contributed by atoms with van der Waals surface area (Å²) in [4.78, 5) is 10.6. The third-order valence-corrected chi connectivity index (χ3v) is 1.45. The molecular formula is C5H9FN2O. The fraction of sp³-hybridized carbons (Fsp3) is 0.800. The predicted molar refractivity (Wildman–Crippen MR) is 30.2 cm³/mol. The first-order chi connectivity index (χ1) is 4.24. The molecule has 0 spiro atoms. The summed E-state index contributed by atoms with van der Waals surface area (Å²) < 4.78 is 11.9. The highest BCUT2D eigenvalue weighted by atomic mass is 19.2. The van der Waals surface area contributed by atoms with E-state index in [2.05, 4.69) is 5.32 Å². The molecular weight excluding hydrogens is 123 g/mol. The van der Waals surface area contributed by atoms with E-state index in [4.69, 9.17) is 0 Å². The number of hydrogen-bond donors (Lipinski definition) is 1. The molecule has 3 nitrogen and oxygen atoms in total. The lowest BCUT2D eigenvalue weighted by molar-refractivity contribution is -0.141. The fourth-order valence-corrected chi connectivity index (χ4v) is 0.795. The fourth-order valence-electron chi connectivity index (χ4n) is 0.795. The molecule has 1 rings (SSSR count). The molecule has 1 heterocycles. The van der Waals surface area contributed by atoms with Crippen molar-refractivity contribution in [2.24, 2.45) is 5.92 Å². The van der Waals surface area contributed by atoms with Crippen molar-refractivity contribution in [3.63, 3.8) is 0 Å². The van der Waals surface area contributed by atoms with E-state index in [9.17, 15) is 9.28 Å². The molecule has 0 radical (unpaired) electrons. The number of nitrogens with zero attached hydrogens (tertiary/aromatic N) is 1. The smallest absolute Gasteiger partial charge is 0.225 e. The molecule has 4 heteroatoms. The molecule has 9 heavy (non-hydrogen) atoms. The maximum absolute atomic E-state index is 11.9. The molecule has 1 aliphatic rings. The quantitative estimate of drug-likeness (QED) is 0.490. The normalized spacial score (nSPS) is 21.1. The Labute approximate surface area is 52.8 Å². The number of rotatable bonds is 1. The van der Waals surface area contributed by atoms with Gasteiger partial charge >= 0.3 is 0 Å². The number of carbonyl (C=O) groups is 1. The van der Waals surface area contributed by atoms with Gasteiger partial charge in [0.25, 0.3) is 0 Å². The van der Waals surface area contributed by atoms with Crippen molar-refractivity contribution in [2.45, 2.75) is 0 Å². The highest BCUT2D eigenvalue weighted by Gasteiger charge is 2.31. The Kier molecular flexibility index (Phi) is 1.66. The third kappa shape index (κ3) is 1.18.